The first-order valence-electron chi connectivity index (χ1n) is 14.3. The van der Waals surface area contributed by atoms with Gasteiger partial charge in [0.25, 0.3) is 5.91 Å². The van der Waals surface area contributed by atoms with Gasteiger partial charge in [0.1, 0.15) is 0 Å². The van der Waals surface area contributed by atoms with E-state index >= 15 is 0 Å². The van der Waals surface area contributed by atoms with Crippen molar-refractivity contribution in [3.63, 3.8) is 0 Å². The molecule has 1 fully saturated rings. The van der Waals surface area contributed by atoms with Crippen LogP contribution < -0.4 is 14.7 Å². The number of hydrogen-bond acceptors (Lipinski definition) is 5. The minimum atomic E-state index is -0.219. The van der Waals surface area contributed by atoms with E-state index in [2.05, 4.69) is 4.90 Å². The first kappa shape index (κ1) is 28.7. The number of hydrogen-bond donors (Lipinski definition) is 0. The Morgan fingerprint density at radius 2 is 1.61 bits per heavy atom. The number of carbonyl (C=O) groups excluding carboxylic acids is 3. The van der Waals surface area contributed by atoms with Gasteiger partial charge in [0, 0.05) is 53.7 Å². The highest BCUT2D eigenvalue weighted by Gasteiger charge is 2.38. The minimum Gasteiger partial charge on any atom is -0.466 e. The van der Waals surface area contributed by atoms with Gasteiger partial charge in [-0.1, -0.05) is 29.8 Å². The number of benzene rings is 3. The second kappa shape index (κ2) is 12.4. The summed E-state index contributed by atoms with van der Waals surface area (Å²) in [7, 11) is 0. The first-order chi connectivity index (χ1) is 19.8. The maximum atomic E-state index is 13.9. The minimum absolute atomic E-state index is 0.0462. The summed E-state index contributed by atoms with van der Waals surface area (Å²) in [6.07, 6.45) is 2.12. The Kier molecular flexibility index (Phi) is 8.64. The lowest BCUT2D eigenvalue weighted by molar-refractivity contribution is -0.148. The summed E-state index contributed by atoms with van der Waals surface area (Å²) in [5.74, 6) is -0.293. The highest BCUT2D eigenvalue weighted by molar-refractivity contribution is 6.30. The number of fused-ring (bicyclic) bond motifs is 1. The Morgan fingerprint density at radius 1 is 0.951 bits per heavy atom. The summed E-state index contributed by atoms with van der Waals surface area (Å²) >= 11 is 6.11. The van der Waals surface area contributed by atoms with Crippen molar-refractivity contribution in [1.82, 2.24) is 0 Å². The predicted octanol–water partition coefficient (Wildman–Crippen LogP) is 6.65. The summed E-state index contributed by atoms with van der Waals surface area (Å²) in [6, 6.07) is 22.5. The van der Waals surface area contributed by atoms with Gasteiger partial charge in [-0.25, -0.2) is 0 Å². The summed E-state index contributed by atoms with van der Waals surface area (Å²) in [4.78, 5) is 44.8. The zero-order valence-electron chi connectivity index (χ0n) is 23.8. The zero-order chi connectivity index (χ0) is 29.1. The number of para-hydroxylation sites is 1. The standard InChI is InChI=1S/C33H36ClN3O4/c1-4-41-33(40)25-17-19-35(20-18-25)27-13-9-24(10-14-27)32(39)36-22(2)21-31(29-7-5-6-8-30(29)36)37(23(3)38)28-15-11-26(34)12-16-28/h5-16,22,25,31H,4,17-21H2,1-3H3/t22-,31+/m0/s1. The molecule has 8 heteroatoms. The number of ether oxygens (including phenoxy) is 1. The van der Waals surface area contributed by atoms with Gasteiger partial charge in [0.2, 0.25) is 5.91 Å². The Bertz CT molecular complexity index is 1400. The molecule has 0 N–H and O–H groups in total. The molecule has 5 rings (SSSR count). The van der Waals surface area contributed by atoms with Gasteiger partial charge in [-0.15, -0.1) is 0 Å². The molecular weight excluding hydrogens is 538 g/mol. The van der Waals surface area contributed by atoms with Crippen LogP contribution in [0.1, 0.15) is 62.0 Å². The molecule has 0 saturated carbocycles. The predicted molar refractivity (Wildman–Crippen MR) is 163 cm³/mol. The van der Waals surface area contributed by atoms with E-state index in [0.717, 1.165) is 48.6 Å². The van der Waals surface area contributed by atoms with E-state index < -0.39 is 0 Å². The highest BCUT2D eigenvalue weighted by atomic mass is 35.5. The molecule has 0 aromatic heterocycles. The Balaban J connectivity index is 1.36. The summed E-state index contributed by atoms with van der Waals surface area (Å²) in [5.41, 5.74) is 4.17. The van der Waals surface area contributed by atoms with E-state index in [9.17, 15) is 14.4 Å². The van der Waals surface area contributed by atoms with E-state index in [-0.39, 0.29) is 35.8 Å². The van der Waals surface area contributed by atoms with Crippen molar-refractivity contribution in [2.24, 2.45) is 5.92 Å². The molecule has 7 nitrogen and oxygen atoms in total. The molecular formula is C33H36ClN3O4. The molecule has 3 aromatic carbocycles. The lowest BCUT2D eigenvalue weighted by atomic mass is 9.89. The molecule has 0 aliphatic carbocycles. The third-order valence-electron chi connectivity index (χ3n) is 8.13. The van der Waals surface area contributed by atoms with Crippen LogP contribution in [0.15, 0.2) is 72.8 Å². The van der Waals surface area contributed by atoms with E-state index in [4.69, 9.17) is 16.3 Å². The third kappa shape index (κ3) is 5.96. The zero-order valence-corrected chi connectivity index (χ0v) is 24.5. The number of amides is 2. The van der Waals surface area contributed by atoms with Crippen molar-refractivity contribution in [3.8, 4) is 0 Å². The summed E-state index contributed by atoms with van der Waals surface area (Å²) in [5, 5.41) is 0.610. The van der Waals surface area contributed by atoms with Crippen LogP contribution in [0.2, 0.25) is 5.02 Å². The van der Waals surface area contributed by atoms with E-state index in [0.29, 0.717) is 23.6 Å². The number of nitrogens with zero attached hydrogens (tertiary/aromatic N) is 3. The number of carbonyl (C=O) groups is 3. The van der Waals surface area contributed by atoms with E-state index in [1.807, 2.05) is 79.4 Å². The molecule has 0 unspecified atom stereocenters. The van der Waals surface area contributed by atoms with Gasteiger partial charge in [0.15, 0.2) is 0 Å². The van der Waals surface area contributed by atoms with Crippen molar-refractivity contribution < 1.29 is 19.1 Å². The molecule has 0 bridgehead atoms. The van der Waals surface area contributed by atoms with Crippen molar-refractivity contribution in [1.29, 1.82) is 0 Å². The van der Waals surface area contributed by atoms with Gasteiger partial charge in [-0.05, 0) is 93.3 Å². The van der Waals surface area contributed by atoms with Crippen molar-refractivity contribution in [2.75, 3.05) is 34.4 Å². The van der Waals surface area contributed by atoms with Crippen molar-refractivity contribution in [3.05, 3.63) is 88.9 Å². The van der Waals surface area contributed by atoms with Crippen LogP contribution >= 0.6 is 11.6 Å². The van der Waals surface area contributed by atoms with Crippen LogP contribution in [0.25, 0.3) is 0 Å². The van der Waals surface area contributed by atoms with Gasteiger partial charge in [0.05, 0.1) is 18.6 Å². The summed E-state index contributed by atoms with van der Waals surface area (Å²) in [6.45, 7) is 7.39. The molecule has 3 aromatic rings. The molecule has 2 aliphatic heterocycles. The van der Waals surface area contributed by atoms with Gasteiger partial charge in [-0.2, -0.15) is 0 Å². The molecule has 214 valence electrons. The lowest BCUT2D eigenvalue weighted by Gasteiger charge is -2.43. The number of rotatable bonds is 6. The molecule has 41 heavy (non-hydrogen) atoms. The second-order valence-electron chi connectivity index (χ2n) is 10.8. The fourth-order valence-corrected chi connectivity index (χ4v) is 6.23. The number of piperidine rings is 1. The van der Waals surface area contributed by atoms with Crippen LogP contribution in [0.3, 0.4) is 0 Å². The van der Waals surface area contributed by atoms with Crippen LogP contribution in [0.5, 0.6) is 0 Å². The van der Waals surface area contributed by atoms with Gasteiger partial charge < -0.3 is 19.4 Å². The van der Waals surface area contributed by atoms with Crippen molar-refractivity contribution >= 4 is 46.4 Å². The molecule has 2 heterocycles. The molecule has 0 spiro atoms. The smallest absolute Gasteiger partial charge is 0.309 e. The van der Waals surface area contributed by atoms with E-state index in [1.54, 1.807) is 24.0 Å². The topological polar surface area (TPSA) is 70.2 Å². The molecule has 2 aliphatic rings. The Labute approximate surface area is 246 Å². The normalized spacial score (nSPS) is 18.9. The highest BCUT2D eigenvalue weighted by Crippen LogP contribution is 2.43. The van der Waals surface area contributed by atoms with Crippen LogP contribution in [-0.4, -0.2) is 43.5 Å². The molecule has 2 atom stereocenters. The largest absolute Gasteiger partial charge is 0.466 e. The molecule has 0 radical (unpaired) electrons. The quantitative estimate of drug-likeness (QED) is 0.309. The number of anilines is 3. The van der Waals surface area contributed by atoms with Gasteiger partial charge in [-0.3, -0.25) is 14.4 Å². The third-order valence-corrected chi connectivity index (χ3v) is 8.38. The first-order valence-corrected chi connectivity index (χ1v) is 14.7. The summed E-state index contributed by atoms with van der Waals surface area (Å²) < 4.78 is 5.19. The average Bonchev–Trinajstić information content (AvgIpc) is 2.98. The van der Waals surface area contributed by atoms with Crippen LogP contribution in [-0.2, 0) is 14.3 Å². The Morgan fingerprint density at radius 3 is 2.24 bits per heavy atom. The van der Waals surface area contributed by atoms with Crippen LogP contribution in [0.4, 0.5) is 17.1 Å². The van der Waals surface area contributed by atoms with Crippen molar-refractivity contribution in [2.45, 2.75) is 52.1 Å². The average molecular weight is 574 g/mol. The fraction of sp³-hybridized carbons (Fsp3) is 0.364. The van der Waals surface area contributed by atoms with Crippen LogP contribution in [0, 0.1) is 5.92 Å². The molecule has 2 amide bonds. The lowest BCUT2D eigenvalue weighted by Crippen LogP contribution is -2.47. The maximum Gasteiger partial charge on any atom is 0.309 e. The second-order valence-corrected chi connectivity index (χ2v) is 11.2. The van der Waals surface area contributed by atoms with Gasteiger partial charge >= 0.3 is 5.97 Å². The number of esters is 1. The Hall–Kier alpha value is -3.84. The number of halogens is 1. The maximum absolute atomic E-state index is 13.9. The fourth-order valence-electron chi connectivity index (χ4n) is 6.11. The monoisotopic (exact) mass is 573 g/mol. The van der Waals surface area contributed by atoms with E-state index in [1.165, 1.54) is 0 Å². The molecule has 1 saturated heterocycles. The SMILES string of the molecule is CCOC(=O)C1CCN(c2ccc(C(=O)N3c4ccccc4[C@H](N(C(C)=O)c4ccc(Cl)cc4)C[C@@H]3C)cc2)CC1.